The minimum Gasteiger partial charge on any atom is -0.228 e. The molecule has 0 radical (unpaired) electrons. The summed E-state index contributed by atoms with van der Waals surface area (Å²) in [5.41, 5.74) is 0. The average molecular weight is 165 g/mol. The predicted molar refractivity (Wildman–Crippen MR) is 42.9 cm³/mol. The van der Waals surface area contributed by atoms with Gasteiger partial charge in [-0.2, -0.15) is 0 Å². The average Bonchev–Trinajstić information content (AvgIpc) is 2.31. The molecule has 0 saturated carbocycles. The normalized spacial score (nSPS) is 13.7. The Balaban J connectivity index is 2.97. The highest BCUT2D eigenvalue weighted by atomic mass is 35.5. The van der Waals surface area contributed by atoms with Gasteiger partial charge in [0, 0.05) is 0 Å². The Hall–Kier alpha value is -1.15. The first kappa shape index (κ1) is 6.55. The second kappa shape index (κ2) is 2.17. The summed E-state index contributed by atoms with van der Waals surface area (Å²) in [5.74, 6) is 0.521. The molecule has 0 bridgehead atoms. The van der Waals surface area contributed by atoms with Crippen LogP contribution in [0.4, 0.5) is 0 Å². The fourth-order valence-electron chi connectivity index (χ4n) is 0.998. The van der Waals surface area contributed by atoms with E-state index in [1.54, 1.807) is 6.07 Å². The van der Waals surface area contributed by atoms with Crippen LogP contribution in [0.1, 0.15) is 0 Å². The fraction of sp³-hybridized carbons (Fsp3) is 0. The van der Waals surface area contributed by atoms with Crippen LogP contribution in [-0.4, -0.2) is 0 Å². The number of fused-ring (bicyclic) bond motifs is 1. The number of halogens is 1. The first-order valence-electron chi connectivity index (χ1n) is 3.18. The summed E-state index contributed by atoms with van der Waals surface area (Å²) in [5, 5.41) is 2.17. The molecule has 0 atom stereocenters. The second-order valence-corrected chi connectivity index (χ2v) is 2.65. The zero-order valence-electron chi connectivity index (χ0n) is 5.71. The van der Waals surface area contributed by atoms with E-state index < -0.39 is 0 Å². The van der Waals surface area contributed by atoms with Crippen molar-refractivity contribution < 1.29 is 0 Å². The van der Waals surface area contributed by atoms with Crippen LogP contribution in [0, 0.1) is 0 Å². The second-order valence-electron chi connectivity index (χ2n) is 2.25. The number of para-hydroxylation sites is 1. The van der Waals surface area contributed by atoms with Crippen molar-refractivity contribution in [2.75, 3.05) is 0 Å². The van der Waals surface area contributed by atoms with Gasteiger partial charge in [-0.1, -0.05) is 24.2 Å². The molecular weight excluding hydrogens is 160 g/mol. The Bertz CT molecular complexity index is 434. The van der Waals surface area contributed by atoms with Crippen molar-refractivity contribution in [1.82, 2.24) is 0 Å². The summed E-state index contributed by atoms with van der Waals surface area (Å²) in [6.07, 6.45) is 0. The van der Waals surface area contributed by atoms with Gasteiger partial charge in [0.25, 0.3) is 0 Å². The quantitative estimate of drug-likeness (QED) is 0.548. The van der Waals surface area contributed by atoms with Crippen LogP contribution < -0.4 is 10.7 Å². The van der Waals surface area contributed by atoms with Gasteiger partial charge in [0.2, 0.25) is 0 Å². The van der Waals surface area contributed by atoms with Gasteiger partial charge in [-0.3, -0.25) is 0 Å². The molecule has 3 heteroatoms. The SMILES string of the molecule is C=C1N=c2cccc(Cl)c2=N1. The molecule has 1 aromatic rings. The molecule has 0 aliphatic carbocycles. The summed E-state index contributed by atoms with van der Waals surface area (Å²) in [6, 6.07) is 5.50. The van der Waals surface area contributed by atoms with Crippen LogP contribution in [-0.2, 0) is 0 Å². The lowest BCUT2D eigenvalue weighted by Crippen LogP contribution is -2.21. The van der Waals surface area contributed by atoms with Crippen LogP contribution >= 0.6 is 11.6 Å². The maximum Gasteiger partial charge on any atom is 0.146 e. The Morgan fingerprint density at radius 2 is 2.09 bits per heavy atom. The molecule has 1 aliphatic heterocycles. The van der Waals surface area contributed by atoms with Gasteiger partial charge in [-0.25, -0.2) is 9.98 Å². The van der Waals surface area contributed by atoms with E-state index in [4.69, 9.17) is 11.6 Å². The molecule has 2 rings (SSSR count). The lowest BCUT2D eigenvalue weighted by molar-refractivity contribution is 1.24. The number of benzene rings is 1. The Labute approximate surface area is 68.6 Å². The van der Waals surface area contributed by atoms with Crippen molar-refractivity contribution in [3.63, 3.8) is 0 Å². The van der Waals surface area contributed by atoms with Gasteiger partial charge < -0.3 is 0 Å². The molecule has 1 aromatic carbocycles. The molecule has 1 aliphatic rings. The van der Waals surface area contributed by atoms with Gasteiger partial charge in [0.1, 0.15) is 11.2 Å². The summed E-state index contributed by atoms with van der Waals surface area (Å²) < 4.78 is 0. The van der Waals surface area contributed by atoms with E-state index in [2.05, 4.69) is 16.6 Å². The van der Waals surface area contributed by atoms with Crippen molar-refractivity contribution in [3.8, 4) is 0 Å². The van der Waals surface area contributed by atoms with Crippen LogP contribution in [0.5, 0.6) is 0 Å². The van der Waals surface area contributed by atoms with Crippen molar-refractivity contribution in [3.05, 3.63) is 46.3 Å². The van der Waals surface area contributed by atoms with Gasteiger partial charge in [0.05, 0.1) is 10.4 Å². The summed E-state index contributed by atoms with van der Waals surface area (Å²) in [4.78, 5) is 8.13. The Kier molecular flexibility index (Phi) is 1.29. The summed E-state index contributed by atoms with van der Waals surface area (Å²) >= 11 is 5.84. The van der Waals surface area contributed by atoms with E-state index in [0.717, 1.165) is 10.7 Å². The molecule has 11 heavy (non-hydrogen) atoms. The standard InChI is InChI=1S/C8H5ClN2/c1-5-10-7-4-2-3-6(9)8(7)11-5/h2-4H,1H2. The molecule has 0 amide bonds. The minimum absolute atomic E-state index is 0.521. The number of rotatable bonds is 0. The van der Waals surface area contributed by atoms with Crippen LogP contribution in [0.15, 0.2) is 40.6 Å². The first-order valence-corrected chi connectivity index (χ1v) is 3.56. The topological polar surface area (TPSA) is 24.7 Å². The van der Waals surface area contributed by atoms with Crippen LogP contribution in [0.3, 0.4) is 0 Å². The van der Waals surface area contributed by atoms with Crippen LogP contribution in [0.25, 0.3) is 0 Å². The zero-order chi connectivity index (χ0) is 7.84. The van der Waals surface area contributed by atoms with Gasteiger partial charge in [0.15, 0.2) is 0 Å². The van der Waals surface area contributed by atoms with Crippen molar-refractivity contribution in [2.24, 2.45) is 9.98 Å². The molecule has 54 valence electrons. The third-order valence-electron chi connectivity index (χ3n) is 1.46. The molecule has 0 unspecified atom stereocenters. The molecule has 1 heterocycles. The van der Waals surface area contributed by atoms with Gasteiger partial charge in [-0.15, -0.1) is 0 Å². The molecule has 0 saturated heterocycles. The van der Waals surface area contributed by atoms with E-state index >= 15 is 0 Å². The first-order chi connectivity index (χ1) is 5.27. The third kappa shape index (κ3) is 0.955. The van der Waals surface area contributed by atoms with E-state index in [0.29, 0.717) is 10.8 Å². The Morgan fingerprint density at radius 1 is 1.27 bits per heavy atom. The summed E-state index contributed by atoms with van der Waals surface area (Å²) in [7, 11) is 0. The predicted octanol–water partition coefficient (Wildman–Crippen LogP) is 1.06. The van der Waals surface area contributed by atoms with E-state index in [-0.39, 0.29) is 0 Å². The summed E-state index contributed by atoms with van der Waals surface area (Å²) in [6.45, 7) is 3.62. The highest BCUT2D eigenvalue weighted by Gasteiger charge is 2.01. The minimum atomic E-state index is 0.521. The lowest BCUT2D eigenvalue weighted by atomic mass is 10.3. The van der Waals surface area contributed by atoms with Crippen molar-refractivity contribution in [2.45, 2.75) is 0 Å². The third-order valence-corrected chi connectivity index (χ3v) is 1.76. The van der Waals surface area contributed by atoms with E-state index in [1.807, 2.05) is 12.1 Å². The van der Waals surface area contributed by atoms with Gasteiger partial charge in [-0.05, 0) is 12.1 Å². The van der Waals surface area contributed by atoms with Gasteiger partial charge >= 0.3 is 0 Å². The largest absolute Gasteiger partial charge is 0.228 e. The lowest BCUT2D eigenvalue weighted by Gasteiger charge is -1.83. The van der Waals surface area contributed by atoms with Crippen molar-refractivity contribution >= 4 is 11.6 Å². The number of hydrogen-bond acceptors (Lipinski definition) is 2. The number of nitrogens with zero attached hydrogens (tertiary/aromatic N) is 2. The maximum absolute atomic E-state index is 5.84. The molecule has 0 spiro atoms. The van der Waals surface area contributed by atoms with E-state index in [1.165, 1.54) is 0 Å². The van der Waals surface area contributed by atoms with Crippen LogP contribution in [0.2, 0.25) is 5.02 Å². The fourth-order valence-corrected chi connectivity index (χ4v) is 1.21. The van der Waals surface area contributed by atoms with Crippen molar-refractivity contribution in [1.29, 1.82) is 0 Å². The maximum atomic E-state index is 5.84. The molecule has 2 nitrogen and oxygen atoms in total. The molecule has 0 N–H and O–H groups in total. The Morgan fingerprint density at radius 3 is 2.82 bits per heavy atom. The highest BCUT2D eigenvalue weighted by Crippen LogP contribution is 2.01. The molecular formula is C8H5ClN2. The smallest absolute Gasteiger partial charge is 0.146 e. The number of hydrogen-bond donors (Lipinski definition) is 0. The molecule has 0 aromatic heterocycles. The monoisotopic (exact) mass is 164 g/mol. The van der Waals surface area contributed by atoms with E-state index in [9.17, 15) is 0 Å². The highest BCUT2D eigenvalue weighted by molar-refractivity contribution is 6.30. The zero-order valence-corrected chi connectivity index (χ0v) is 6.47. The molecule has 0 fully saturated rings.